The van der Waals surface area contributed by atoms with Crippen LogP contribution in [0.2, 0.25) is 0 Å². The fraction of sp³-hybridized carbons (Fsp3) is 0.200. The van der Waals surface area contributed by atoms with Crippen LogP contribution in [-0.4, -0.2) is 25.5 Å². The van der Waals surface area contributed by atoms with E-state index in [4.69, 9.17) is 5.73 Å². The molecule has 0 aliphatic carbocycles. The van der Waals surface area contributed by atoms with E-state index in [1.807, 2.05) is 0 Å². The quantitative estimate of drug-likeness (QED) is 0.608. The maximum Gasteiger partial charge on any atom is 0.295 e. The lowest BCUT2D eigenvalue weighted by Gasteiger charge is -2.03. The van der Waals surface area contributed by atoms with E-state index >= 15 is 0 Å². The molecule has 3 N–H and O–H groups in total. The highest BCUT2D eigenvalue weighted by molar-refractivity contribution is 7.79. The van der Waals surface area contributed by atoms with Crippen molar-refractivity contribution in [1.82, 2.24) is 4.98 Å². The molecule has 0 saturated heterocycles. The summed E-state index contributed by atoms with van der Waals surface area (Å²) in [5, 5.41) is 2.32. The molecule has 0 aliphatic heterocycles. The van der Waals surface area contributed by atoms with Crippen molar-refractivity contribution >= 4 is 23.0 Å². The van der Waals surface area contributed by atoms with Crippen molar-refractivity contribution in [3.63, 3.8) is 0 Å². The molecule has 1 aromatic heterocycles. The van der Waals surface area contributed by atoms with Crippen LogP contribution in [0.5, 0.6) is 0 Å². The lowest BCUT2D eigenvalue weighted by molar-refractivity contribution is 0.0995. The second kappa shape index (κ2) is 4.01. The van der Waals surface area contributed by atoms with Crippen LogP contribution < -0.4 is 11.1 Å². The van der Waals surface area contributed by atoms with Crippen LogP contribution in [0.4, 0.5) is 6.01 Å². The standard InChI is InChI=1S/C5H7N3O4S/c6-4(9)3-1-12-5(8-3)7-2-13(10)11/h1H,2H2,(H2,6,9)(H,7,8)(H,10,11)/p-1. The van der Waals surface area contributed by atoms with Crippen LogP contribution in [0.1, 0.15) is 10.5 Å². The summed E-state index contributed by atoms with van der Waals surface area (Å²) in [5.74, 6) is -1.07. The van der Waals surface area contributed by atoms with Crippen molar-refractivity contribution in [3.8, 4) is 0 Å². The minimum atomic E-state index is -2.24. The molecule has 0 saturated carbocycles. The van der Waals surface area contributed by atoms with Gasteiger partial charge in [0.25, 0.3) is 11.9 Å². The molecule has 0 spiro atoms. The summed E-state index contributed by atoms with van der Waals surface area (Å²) in [4.78, 5) is 14.1. The summed E-state index contributed by atoms with van der Waals surface area (Å²) >= 11 is -2.24. The predicted octanol–water partition coefficient (Wildman–Crippen LogP) is -0.978. The van der Waals surface area contributed by atoms with E-state index in [2.05, 4.69) is 14.7 Å². The third-order valence-electron chi connectivity index (χ3n) is 1.10. The molecule has 13 heavy (non-hydrogen) atoms. The van der Waals surface area contributed by atoms with E-state index in [1.54, 1.807) is 0 Å². The van der Waals surface area contributed by atoms with Crippen LogP contribution in [0.3, 0.4) is 0 Å². The summed E-state index contributed by atoms with van der Waals surface area (Å²) < 4.78 is 24.9. The van der Waals surface area contributed by atoms with Gasteiger partial charge < -0.3 is 20.0 Å². The van der Waals surface area contributed by atoms with Crippen molar-refractivity contribution in [2.24, 2.45) is 5.73 Å². The number of hydrogen-bond acceptors (Lipinski definition) is 6. The van der Waals surface area contributed by atoms with Gasteiger partial charge in [-0.15, -0.1) is 0 Å². The van der Waals surface area contributed by atoms with E-state index in [1.165, 1.54) is 0 Å². The van der Waals surface area contributed by atoms with E-state index < -0.39 is 17.0 Å². The molecule has 1 rings (SSSR count). The largest absolute Gasteiger partial charge is 0.771 e. The number of primary amides is 1. The Balaban J connectivity index is 2.59. The van der Waals surface area contributed by atoms with Gasteiger partial charge in [0.2, 0.25) is 0 Å². The molecule has 1 atom stereocenters. The molecule has 1 heterocycles. The lowest BCUT2D eigenvalue weighted by atomic mass is 10.5. The molecule has 1 aromatic rings. The molecule has 0 fully saturated rings. The molecule has 0 aromatic carbocycles. The van der Waals surface area contributed by atoms with E-state index in [0.717, 1.165) is 6.26 Å². The van der Waals surface area contributed by atoms with Crippen LogP contribution in [0.25, 0.3) is 0 Å². The minimum Gasteiger partial charge on any atom is -0.771 e. The first-order valence-corrected chi connectivity index (χ1v) is 4.39. The molecule has 8 heteroatoms. The first-order valence-electron chi connectivity index (χ1n) is 3.14. The highest BCUT2D eigenvalue weighted by Gasteiger charge is 2.07. The molecule has 1 amide bonds. The van der Waals surface area contributed by atoms with Gasteiger partial charge in [-0.1, -0.05) is 0 Å². The zero-order valence-electron chi connectivity index (χ0n) is 6.35. The summed E-state index contributed by atoms with van der Waals surface area (Å²) in [6.45, 7) is 0. The van der Waals surface area contributed by atoms with Gasteiger partial charge in [-0.05, 0) is 11.1 Å². The van der Waals surface area contributed by atoms with Crippen LogP contribution >= 0.6 is 0 Å². The van der Waals surface area contributed by atoms with Gasteiger partial charge in [-0.25, -0.2) is 0 Å². The SMILES string of the molecule is NC(=O)c1coc(NCS(=O)[O-])n1. The van der Waals surface area contributed by atoms with Gasteiger partial charge in [0, 0.05) is 0 Å². The Morgan fingerprint density at radius 1 is 1.85 bits per heavy atom. The monoisotopic (exact) mass is 204 g/mol. The van der Waals surface area contributed by atoms with Crippen LogP contribution in [0.15, 0.2) is 10.7 Å². The minimum absolute atomic E-state index is 0.0563. The first kappa shape index (κ1) is 9.68. The third-order valence-corrected chi connectivity index (χ3v) is 1.48. The normalized spacial score (nSPS) is 12.4. The zero-order valence-corrected chi connectivity index (χ0v) is 7.17. The smallest absolute Gasteiger partial charge is 0.295 e. The summed E-state index contributed by atoms with van der Waals surface area (Å²) in [6, 6.07) is -0.0574. The third kappa shape index (κ3) is 2.84. The van der Waals surface area contributed by atoms with Crippen molar-refractivity contribution in [2.45, 2.75) is 0 Å². The molecule has 0 radical (unpaired) electrons. The van der Waals surface area contributed by atoms with Gasteiger partial charge >= 0.3 is 0 Å². The average molecular weight is 204 g/mol. The Labute approximate surface area is 75.6 Å². The molecular formula is C5H6N3O4S-. The Morgan fingerprint density at radius 2 is 2.54 bits per heavy atom. The number of nitrogens with zero attached hydrogens (tertiary/aromatic N) is 1. The Hall–Kier alpha value is -1.41. The number of aromatic nitrogens is 1. The Morgan fingerprint density at radius 3 is 3.00 bits per heavy atom. The van der Waals surface area contributed by atoms with Gasteiger partial charge in [0.15, 0.2) is 5.69 Å². The van der Waals surface area contributed by atoms with Crippen LogP contribution in [-0.2, 0) is 11.1 Å². The Kier molecular flexibility index (Phi) is 2.98. The van der Waals surface area contributed by atoms with Crippen LogP contribution in [0, 0.1) is 0 Å². The summed E-state index contributed by atoms with van der Waals surface area (Å²) in [6.07, 6.45) is 1.04. The highest BCUT2D eigenvalue weighted by Crippen LogP contribution is 2.05. The number of nitrogens with two attached hydrogens (primary N) is 1. The number of nitrogens with one attached hydrogen (secondary N) is 1. The van der Waals surface area contributed by atoms with Crippen molar-refractivity contribution in [3.05, 3.63) is 12.0 Å². The summed E-state index contributed by atoms with van der Waals surface area (Å²) in [5.41, 5.74) is 4.82. The van der Waals surface area contributed by atoms with Crippen molar-refractivity contribution < 1.29 is 18.0 Å². The fourth-order valence-electron chi connectivity index (χ4n) is 0.589. The lowest BCUT2D eigenvalue weighted by Crippen LogP contribution is -2.12. The van der Waals surface area contributed by atoms with Gasteiger partial charge in [0.1, 0.15) is 6.26 Å². The number of anilines is 1. The number of amides is 1. The Bertz CT molecular complexity index is 336. The predicted molar refractivity (Wildman–Crippen MR) is 42.4 cm³/mol. The molecule has 1 unspecified atom stereocenters. The maximum absolute atomic E-state index is 10.5. The number of hydrogen-bond donors (Lipinski definition) is 2. The molecule has 7 nitrogen and oxygen atoms in total. The van der Waals surface area contributed by atoms with E-state index in [0.29, 0.717) is 0 Å². The van der Waals surface area contributed by atoms with Gasteiger partial charge in [-0.3, -0.25) is 9.00 Å². The zero-order chi connectivity index (χ0) is 9.84. The average Bonchev–Trinajstić information content (AvgIpc) is 2.48. The maximum atomic E-state index is 10.5. The number of rotatable bonds is 4. The van der Waals surface area contributed by atoms with E-state index in [-0.39, 0.29) is 17.6 Å². The molecular weight excluding hydrogens is 198 g/mol. The second-order valence-corrected chi connectivity index (χ2v) is 2.92. The van der Waals surface area contributed by atoms with E-state index in [9.17, 15) is 13.6 Å². The first-order chi connectivity index (χ1) is 6.09. The molecule has 0 bridgehead atoms. The van der Waals surface area contributed by atoms with Crippen molar-refractivity contribution in [2.75, 3.05) is 11.2 Å². The van der Waals surface area contributed by atoms with Gasteiger partial charge in [-0.2, -0.15) is 4.98 Å². The molecule has 72 valence electrons. The van der Waals surface area contributed by atoms with Crippen molar-refractivity contribution in [1.29, 1.82) is 0 Å². The summed E-state index contributed by atoms with van der Waals surface area (Å²) in [7, 11) is 0. The molecule has 0 aliphatic rings. The second-order valence-electron chi connectivity index (χ2n) is 2.03. The number of carbonyl (C=O) groups excluding carboxylic acids is 1. The highest BCUT2D eigenvalue weighted by atomic mass is 32.2. The fourth-order valence-corrected chi connectivity index (χ4v) is 0.830. The van der Waals surface area contributed by atoms with Gasteiger partial charge in [0.05, 0.1) is 5.88 Å². The topological polar surface area (TPSA) is 121 Å². The number of oxazole rings is 1. The number of carbonyl (C=O) groups is 1.